The van der Waals surface area contributed by atoms with Crippen LogP contribution in [0.25, 0.3) is 0 Å². The molecular weight excluding hydrogens is 320 g/mol. The third kappa shape index (κ3) is 5.22. The SMILES string of the molecule is CC1CCN(Cc2nnnn2CC(=O)N[C@@H]2CCOC(C)(C)C2)CC1. The zero-order valence-electron chi connectivity index (χ0n) is 15.6. The Balaban J connectivity index is 1.51. The van der Waals surface area contributed by atoms with Crippen LogP contribution in [-0.4, -0.2) is 62.4 Å². The molecule has 0 saturated carbocycles. The van der Waals surface area contributed by atoms with Gasteiger partial charge in [0.25, 0.3) is 0 Å². The lowest BCUT2D eigenvalue weighted by Gasteiger charge is -2.35. The molecule has 1 atom stereocenters. The van der Waals surface area contributed by atoms with E-state index in [1.165, 1.54) is 12.8 Å². The second-order valence-corrected chi connectivity index (χ2v) is 8.08. The maximum absolute atomic E-state index is 12.4. The first-order chi connectivity index (χ1) is 11.9. The Morgan fingerprint density at radius 2 is 2.08 bits per heavy atom. The van der Waals surface area contributed by atoms with E-state index in [1.807, 2.05) is 0 Å². The van der Waals surface area contributed by atoms with Crippen molar-refractivity contribution >= 4 is 5.91 Å². The fourth-order valence-corrected chi connectivity index (χ4v) is 3.64. The summed E-state index contributed by atoms with van der Waals surface area (Å²) in [6.07, 6.45) is 4.10. The minimum absolute atomic E-state index is 0.0384. The number of amides is 1. The van der Waals surface area contributed by atoms with E-state index >= 15 is 0 Å². The van der Waals surface area contributed by atoms with Gasteiger partial charge in [0.15, 0.2) is 5.82 Å². The van der Waals surface area contributed by atoms with E-state index < -0.39 is 0 Å². The molecule has 2 aliphatic rings. The van der Waals surface area contributed by atoms with Crippen molar-refractivity contribution in [2.45, 2.75) is 71.2 Å². The lowest BCUT2D eigenvalue weighted by atomic mass is 9.94. The van der Waals surface area contributed by atoms with Gasteiger partial charge in [0.1, 0.15) is 6.54 Å². The molecule has 1 N–H and O–H groups in total. The number of piperidine rings is 1. The molecule has 0 bridgehead atoms. The predicted molar refractivity (Wildman–Crippen MR) is 92.7 cm³/mol. The number of nitrogens with one attached hydrogen (secondary N) is 1. The smallest absolute Gasteiger partial charge is 0.242 e. The summed E-state index contributed by atoms with van der Waals surface area (Å²) in [6.45, 7) is 10.1. The highest BCUT2D eigenvalue weighted by Gasteiger charge is 2.30. The number of hydrogen-bond acceptors (Lipinski definition) is 6. The van der Waals surface area contributed by atoms with Crippen LogP contribution in [0.3, 0.4) is 0 Å². The molecule has 0 aliphatic carbocycles. The summed E-state index contributed by atoms with van der Waals surface area (Å²) in [7, 11) is 0. The van der Waals surface area contributed by atoms with Crippen molar-refractivity contribution < 1.29 is 9.53 Å². The molecular formula is C17H30N6O2. The maximum Gasteiger partial charge on any atom is 0.242 e. The highest BCUT2D eigenvalue weighted by Crippen LogP contribution is 2.23. The molecule has 0 radical (unpaired) electrons. The standard InChI is InChI=1S/C17H30N6O2/c1-13-4-7-22(8-5-13)11-15-19-20-21-23(15)12-16(24)18-14-6-9-25-17(2,3)10-14/h13-14H,4-12H2,1-3H3,(H,18,24)/t14-/m1/s1. The van der Waals surface area contributed by atoms with Crippen LogP contribution in [0.1, 0.15) is 52.3 Å². The van der Waals surface area contributed by atoms with Gasteiger partial charge in [-0.1, -0.05) is 6.92 Å². The molecule has 2 fully saturated rings. The van der Waals surface area contributed by atoms with E-state index in [9.17, 15) is 4.79 Å². The summed E-state index contributed by atoms with van der Waals surface area (Å²) in [5.74, 6) is 1.52. The summed E-state index contributed by atoms with van der Waals surface area (Å²) < 4.78 is 7.32. The van der Waals surface area contributed by atoms with Crippen LogP contribution < -0.4 is 5.32 Å². The third-order valence-corrected chi connectivity index (χ3v) is 5.20. The number of hydrogen-bond donors (Lipinski definition) is 1. The van der Waals surface area contributed by atoms with E-state index in [-0.39, 0.29) is 24.1 Å². The van der Waals surface area contributed by atoms with Gasteiger partial charge < -0.3 is 10.1 Å². The first-order valence-electron chi connectivity index (χ1n) is 9.32. The number of likely N-dealkylation sites (tertiary alicyclic amines) is 1. The van der Waals surface area contributed by atoms with Crippen LogP contribution in [0, 0.1) is 5.92 Å². The quantitative estimate of drug-likeness (QED) is 0.852. The van der Waals surface area contributed by atoms with Crippen molar-refractivity contribution in [1.82, 2.24) is 30.4 Å². The number of aromatic nitrogens is 4. The number of rotatable bonds is 5. The Morgan fingerprint density at radius 1 is 1.32 bits per heavy atom. The van der Waals surface area contributed by atoms with Crippen LogP contribution in [0.2, 0.25) is 0 Å². The van der Waals surface area contributed by atoms with E-state index in [0.29, 0.717) is 13.2 Å². The Labute approximate surface area is 149 Å². The predicted octanol–water partition coefficient (Wildman–Crippen LogP) is 0.979. The van der Waals surface area contributed by atoms with Crippen LogP contribution in [0.15, 0.2) is 0 Å². The lowest BCUT2D eigenvalue weighted by Crippen LogP contribution is -2.46. The molecule has 1 amide bonds. The van der Waals surface area contributed by atoms with Gasteiger partial charge in [0.05, 0.1) is 12.1 Å². The fraction of sp³-hybridized carbons (Fsp3) is 0.882. The van der Waals surface area contributed by atoms with E-state index in [1.54, 1.807) is 4.68 Å². The largest absolute Gasteiger partial charge is 0.375 e. The molecule has 0 aromatic carbocycles. The number of carbonyl (C=O) groups is 1. The zero-order chi connectivity index (χ0) is 17.9. The molecule has 1 aromatic rings. The average Bonchev–Trinajstić information content (AvgIpc) is 2.95. The number of carbonyl (C=O) groups excluding carboxylic acids is 1. The van der Waals surface area contributed by atoms with Crippen LogP contribution in [-0.2, 0) is 22.6 Å². The third-order valence-electron chi connectivity index (χ3n) is 5.20. The molecule has 8 nitrogen and oxygen atoms in total. The van der Waals surface area contributed by atoms with Crippen molar-refractivity contribution in [2.75, 3.05) is 19.7 Å². The van der Waals surface area contributed by atoms with Gasteiger partial charge in [0, 0.05) is 12.6 Å². The minimum atomic E-state index is -0.179. The van der Waals surface area contributed by atoms with Crippen LogP contribution in [0.5, 0.6) is 0 Å². The van der Waals surface area contributed by atoms with Crippen molar-refractivity contribution in [3.63, 3.8) is 0 Å². The molecule has 3 heterocycles. The van der Waals surface area contributed by atoms with Gasteiger partial charge >= 0.3 is 0 Å². The molecule has 1 aromatic heterocycles. The Hall–Kier alpha value is -1.54. The molecule has 25 heavy (non-hydrogen) atoms. The van der Waals surface area contributed by atoms with E-state index in [4.69, 9.17) is 4.74 Å². The fourth-order valence-electron chi connectivity index (χ4n) is 3.64. The Bertz CT molecular complexity index is 579. The molecule has 2 saturated heterocycles. The second-order valence-electron chi connectivity index (χ2n) is 8.08. The van der Waals surface area contributed by atoms with Gasteiger partial charge in [-0.15, -0.1) is 5.10 Å². The van der Waals surface area contributed by atoms with Crippen molar-refractivity contribution in [3.8, 4) is 0 Å². The number of tetrazole rings is 1. The van der Waals surface area contributed by atoms with Crippen LogP contribution >= 0.6 is 0 Å². The van der Waals surface area contributed by atoms with Gasteiger partial charge in [-0.2, -0.15) is 0 Å². The monoisotopic (exact) mass is 350 g/mol. The lowest BCUT2D eigenvalue weighted by molar-refractivity contribution is -0.124. The van der Waals surface area contributed by atoms with Gasteiger partial charge in [-0.25, -0.2) is 4.68 Å². The summed E-state index contributed by atoms with van der Waals surface area (Å²) in [5, 5.41) is 15.0. The maximum atomic E-state index is 12.4. The van der Waals surface area contributed by atoms with Crippen LogP contribution in [0.4, 0.5) is 0 Å². The first-order valence-corrected chi connectivity index (χ1v) is 9.32. The first kappa shape index (κ1) is 18.3. The summed E-state index contributed by atoms with van der Waals surface area (Å²) in [5.41, 5.74) is -0.179. The highest BCUT2D eigenvalue weighted by atomic mass is 16.5. The molecule has 140 valence electrons. The molecule has 3 rings (SSSR count). The number of nitrogens with zero attached hydrogens (tertiary/aromatic N) is 5. The Morgan fingerprint density at radius 3 is 2.80 bits per heavy atom. The van der Waals surface area contributed by atoms with E-state index in [2.05, 4.69) is 46.5 Å². The summed E-state index contributed by atoms with van der Waals surface area (Å²) >= 11 is 0. The topological polar surface area (TPSA) is 85.2 Å². The van der Waals surface area contributed by atoms with Crippen molar-refractivity contribution in [1.29, 1.82) is 0 Å². The second kappa shape index (κ2) is 7.78. The average molecular weight is 350 g/mol. The molecule has 8 heteroatoms. The highest BCUT2D eigenvalue weighted by molar-refractivity contribution is 5.76. The molecule has 2 aliphatic heterocycles. The van der Waals surface area contributed by atoms with Crippen molar-refractivity contribution in [3.05, 3.63) is 5.82 Å². The van der Waals surface area contributed by atoms with Gasteiger partial charge in [-0.3, -0.25) is 9.69 Å². The van der Waals surface area contributed by atoms with Gasteiger partial charge in [-0.05, 0) is 69.0 Å². The number of ether oxygens (including phenoxy) is 1. The Kier molecular flexibility index (Phi) is 5.68. The molecule has 0 unspecified atom stereocenters. The summed E-state index contributed by atoms with van der Waals surface area (Å²) in [6, 6.07) is 0.153. The molecule has 0 spiro atoms. The van der Waals surface area contributed by atoms with Gasteiger partial charge in [0.2, 0.25) is 5.91 Å². The normalized spacial score (nSPS) is 25.0. The summed E-state index contributed by atoms with van der Waals surface area (Å²) in [4.78, 5) is 14.8. The van der Waals surface area contributed by atoms with Crippen molar-refractivity contribution in [2.24, 2.45) is 5.92 Å². The zero-order valence-corrected chi connectivity index (χ0v) is 15.6. The minimum Gasteiger partial charge on any atom is -0.375 e. The van der Waals surface area contributed by atoms with E-state index in [0.717, 1.165) is 37.7 Å².